The van der Waals surface area contributed by atoms with E-state index in [4.69, 9.17) is 0 Å². The minimum atomic E-state index is -0.240. The van der Waals surface area contributed by atoms with Crippen LogP contribution in [-0.4, -0.2) is 25.7 Å². The van der Waals surface area contributed by atoms with Crippen LogP contribution in [0.15, 0.2) is 11.6 Å². The summed E-state index contributed by atoms with van der Waals surface area (Å²) in [5, 5.41) is 3.46. The van der Waals surface area contributed by atoms with E-state index in [1.54, 1.807) is 6.92 Å². The van der Waals surface area contributed by atoms with Crippen molar-refractivity contribution in [1.82, 2.24) is 5.32 Å². The molecule has 0 saturated heterocycles. The SMILES string of the molecule is COC(=O)C(C)=CCNC1CCCC1C. The van der Waals surface area contributed by atoms with Crippen LogP contribution in [0.3, 0.4) is 0 Å². The third-order valence-corrected chi connectivity index (χ3v) is 3.16. The Kier molecular flexibility index (Phi) is 4.82. The van der Waals surface area contributed by atoms with Crippen molar-refractivity contribution in [1.29, 1.82) is 0 Å². The molecular weight excluding hydrogens is 190 g/mol. The molecule has 0 spiro atoms. The maximum absolute atomic E-state index is 11.1. The highest BCUT2D eigenvalue weighted by Crippen LogP contribution is 2.24. The summed E-state index contributed by atoms with van der Waals surface area (Å²) in [6, 6.07) is 0.617. The van der Waals surface area contributed by atoms with E-state index in [0.29, 0.717) is 11.6 Å². The number of carbonyl (C=O) groups is 1. The molecule has 0 radical (unpaired) electrons. The largest absolute Gasteiger partial charge is 0.466 e. The monoisotopic (exact) mass is 211 g/mol. The number of esters is 1. The molecule has 86 valence electrons. The van der Waals surface area contributed by atoms with Crippen LogP contribution in [0.25, 0.3) is 0 Å². The van der Waals surface area contributed by atoms with Crippen molar-refractivity contribution >= 4 is 5.97 Å². The molecule has 1 aliphatic rings. The lowest BCUT2D eigenvalue weighted by Gasteiger charge is -2.15. The van der Waals surface area contributed by atoms with E-state index in [1.807, 2.05) is 6.08 Å². The normalized spacial score (nSPS) is 26.7. The van der Waals surface area contributed by atoms with Gasteiger partial charge in [-0.1, -0.05) is 19.4 Å². The van der Waals surface area contributed by atoms with Gasteiger partial charge in [0.25, 0.3) is 0 Å². The molecule has 3 heteroatoms. The molecule has 1 rings (SSSR count). The van der Waals surface area contributed by atoms with E-state index >= 15 is 0 Å². The van der Waals surface area contributed by atoms with Gasteiger partial charge in [0, 0.05) is 18.2 Å². The minimum absolute atomic E-state index is 0.240. The Hall–Kier alpha value is -0.830. The van der Waals surface area contributed by atoms with E-state index in [1.165, 1.54) is 26.4 Å². The van der Waals surface area contributed by atoms with Gasteiger partial charge in [0.1, 0.15) is 0 Å². The molecule has 2 unspecified atom stereocenters. The van der Waals surface area contributed by atoms with Crippen molar-refractivity contribution in [2.24, 2.45) is 5.92 Å². The van der Waals surface area contributed by atoms with Gasteiger partial charge in [0.05, 0.1) is 7.11 Å². The Balaban J connectivity index is 2.28. The molecule has 0 aromatic rings. The van der Waals surface area contributed by atoms with Crippen LogP contribution >= 0.6 is 0 Å². The van der Waals surface area contributed by atoms with Crippen LogP contribution in [0.4, 0.5) is 0 Å². The van der Waals surface area contributed by atoms with Gasteiger partial charge in [0.15, 0.2) is 0 Å². The van der Waals surface area contributed by atoms with Gasteiger partial charge in [0.2, 0.25) is 0 Å². The predicted octanol–water partition coefficient (Wildman–Crippen LogP) is 1.88. The molecule has 3 nitrogen and oxygen atoms in total. The first-order valence-corrected chi connectivity index (χ1v) is 5.63. The molecular formula is C12H21NO2. The number of ether oxygens (including phenoxy) is 1. The Morgan fingerprint density at radius 2 is 2.27 bits per heavy atom. The lowest BCUT2D eigenvalue weighted by molar-refractivity contribution is -0.136. The van der Waals surface area contributed by atoms with Crippen molar-refractivity contribution in [3.05, 3.63) is 11.6 Å². The molecule has 0 heterocycles. The summed E-state index contributed by atoms with van der Waals surface area (Å²) in [6.45, 7) is 4.82. The van der Waals surface area contributed by atoms with Gasteiger partial charge in [-0.3, -0.25) is 0 Å². The summed E-state index contributed by atoms with van der Waals surface area (Å²) < 4.78 is 4.62. The second kappa shape index (κ2) is 5.91. The van der Waals surface area contributed by atoms with Gasteiger partial charge < -0.3 is 10.1 Å². The number of rotatable bonds is 4. The second-order valence-corrected chi connectivity index (χ2v) is 4.30. The van der Waals surface area contributed by atoms with Crippen molar-refractivity contribution in [2.75, 3.05) is 13.7 Å². The average molecular weight is 211 g/mol. The summed E-state index contributed by atoms with van der Waals surface area (Å²) in [5.74, 6) is 0.521. The van der Waals surface area contributed by atoms with Crippen LogP contribution in [0.1, 0.15) is 33.1 Å². The Labute approximate surface area is 91.9 Å². The molecule has 1 saturated carbocycles. The molecule has 0 aliphatic heterocycles. The highest BCUT2D eigenvalue weighted by atomic mass is 16.5. The summed E-state index contributed by atoms with van der Waals surface area (Å²) in [4.78, 5) is 11.1. The van der Waals surface area contributed by atoms with E-state index < -0.39 is 0 Å². The number of hydrogen-bond acceptors (Lipinski definition) is 3. The number of methoxy groups -OCH3 is 1. The number of carbonyl (C=O) groups excluding carboxylic acids is 1. The van der Waals surface area contributed by atoms with Crippen LogP contribution < -0.4 is 5.32 Å². The Morgan fingerprint density at radius 1 is 1.53 bits per heavy atom. The van der Waals surface area contributed by atoms with E-state index in [9.17, 15) is 4.79 Å². The molecule has 0 aromatic carbocycles. The first kappa shape index (κ1) is 12.2. The first-order valence-electron chi connectivity index (χ1n) is 5.63. The van der Waals surface area contributed by atoms with Crippen molar-refractivity contribution in [3.63, 3.8) is 0 Å². The van der Waals surface area contributed by atoms with Crippen molar-refractivity contribution in [2.45, 2.75) is 39.2 Å². The summed E-state index contributed by atoms with van der Waals surface area (Å²) in [6.07, 6.45) is 5.79. The Bertz CT molecular complexity index is 248. The number of hydrogen-bond donors (Lipinski definition) is 1. The van der Waals surface area contributed by atoms with E-state index in [-0.39, 0.29) is 5.97 Å². The molecule has 1 N–H and O–H groups in total. The topological polar surface area (TPSA) is 38.3 Å². The fourth-order valence-electron chi connectivity index (χ4n) is 2.06. The summed E-state index contributed by atoms with van der Waals surface area (Å²) in [7, 11) is 1.41. The van der Waals surface area contributed by atoms with E-state index in [0.717, 1.165) is 12.5 Å². The van der Waals surface area contributed by atoms with Crippen molar-refractivity contribution < 1.29 is 9.53 Å². The molecule has 0 amide bonds. The molecule has 0 aromatic heterocycles. The van der Waals surface area contributed by atoms with Crippen LogP contribution in [0.5, 0.6) is 0 Å². The Morgan fingerprint density at radius 3 is 2.80 bits per heavy atom. The lowest BCUT2D eigenvalue weighted by Crippen LogP contribution is -2.31. The van der Waals surface area contributed by atoms with Gasteiger partial charge >= 0.3 is 5.97 Å². The van der Waals surface area contributed by atoms with Crippen molar-refractivity contribution in [3.8, 4) is 0 Å². The zero-order chi connectivity index (χ0) is 11.3. The second-order valence-electron chi connectivity index (χ2n) is 4.30. The molecule has 1 fully saturated rings. The first-order chi connectivity index (χ1) is 7.15. The molecule has 0 bridgehead atoms. The quantitative estimate of drug-likeness (QED) is 0.570. The maximum atomic E-state index is 11.1. The highest BCUT2D eigenvalue weighted by Gasteiger charge is 2.21. The third kappa shape index (κ3) is 3.67. The van der Waals surface area contributed by atoms with Gasteiger partial charge in [-0.25, -0.2) is 4.79 Å². The fourth-order valence-corrected chi connectivity index (χ4v) is 2.06. The third-order valence-electron chi connectivity index (χ3n) is 3.16. The fraction of sp³-hybridized carbons (Fsp3) is 0.750. The van der Waals surface area contributed by atoms with E-state index in [2.05, 4.69) is 17.0 Å². The van der Waals surface area contributed by atoms with Gasteiger partial charge in [-0.15, -0.1) is 0 Å². The lowest BCUT2D eigenvalue weighted by atomic mass is 10.1. The van der Waals surface area contributed by atoms with Gasteiger partial charge in [-0.2, -0.15) is 0 Å². The minimum Gasteiger partial charge on any atom is -0.466 e. The highest BCUT2D eigenvalue weighted by molar-refractivity contribution is 5.87. The van der Waals surface area contributed by atoms with Crippen LogP contribution in [0, 0.1) is 5.92 Å². The zero-order valence-electron chi connectivity index (χ0n) is 9.88. The summed E-state index contributed by atoms with van der Waals surface area (Å²) >= 11 is 0. The standard InChI is InChI=1S/C12H21NO2/c1-9-5-4-6-11(9)13-8-7-10(2)12(14)15-3/h7,9,11,13H,4-6,8H2,1-3H3. The maximum Gasteiger partial charge on any atom is 0.333 e. The molecule has 2 atom stereocenters. The molecule has 1 aliphatic carbocycles. The summed E-state index contributed by atoms with van der Waals surface area (Å²) in [5.41, 5.74) is 0.677. The predicted molar refractivity (Wildman–Crippen MR) is 60.6 cm³/mol. The van der Waals surface area contributed by atoms with Crippen LogP contribution in [-0.2, 0) is 9.53 Å². The number of nitrogens with one attached hydrogen (secondary N) is 1. The average Bonchev–Trinajstić information content (AvgIpc) is 2.63. The van der Waals surface area contributed by atoms with Crippen LogP contribution in [0.2, 0.25) is 0 Å². The van der Waals surface area contributed by atoms with Gasteiger partial charge in [-0.05, 0) is 25.7 Å². The zero-order valence-corrected chi connectivity index (χ0v) is 9.88. The smallest absolute Gasteiger partial charge is 0.333 e. The molecule has 15 heavy (non-hydrogen) atoms.